The molecule has 0 spiro atoms. The maximum atomic E-state index is 12.6. The van der Waals surface area contributed by atoms with E-state index in [1.165, 1.54) is 101 Å². The van der Waals surface area contributed by atoms with Crippen molar-refractivity contribution in [1.29, 1.82) is 0 Å². The number of ether oxygens (including phenoxy) is 1. The van der Waals surface area contributed by atoms with Crippen LogP contribution in [0.5, 0.6) is 0 Å². The molecule has 0 aliphatic carbocycles. The molecule has 3 atom stereocenters. The number of guanidine groups is 1. The van der Waals surface area contributed by atoms with Gasteiger partial charge in [-0.25, -0.2) is 4.99 Å². The summed E-state index contributed by atoms with van der Waals surface area (Å²) in [7, 11) is 0.381. The molecule has 0 bridgehead atoms. The molecule has 0 saturated carbocycles. The van der Waals surface area contributed by atoms with Gasteiger partial charge in [0, 0.05) is 11.5 Å². The van der Waals surface area contributed by atoms with Gasteiger partial charge < -0.3 is 29.5 Å². The molecule has 2 heterocycles. The number of aliphatic hydroxyl groups is 1. The largest absolute Gasteiger partial charge is 0.368 e. The van der Waals surface area contributed by atoms with Gasteiger partial charge in [-0.05, 0) is 6.42 Å². The van der Waals surface area contributed by atoms with Crippen molar-refractivity contribution in [3.8, 4) is 0 Å². The molecule has 2 rings (SSSR count). The summed E-state index contributed by atoms with van der Waals surface area (Å²) >= 11 is 0. The van der Waals surface area contributed by atoms with E-state index in [1.54, 1.807) is 10.8 Å². The summed E-state index contributed by atoms with van der Waals surface area (Å²) in [5, 5.41) is 9.89. The van der Waals surface area contributed by atoms with Crippen molar-refractivity contribution < 1.29 is 23.5 Å². The number of aliphatic imine (C=N–C) groups is 2. The van der Waals surface area contributed by atoms with Gasteiger partial charge in [-0.3, -0.25) is 4.57 Å². The summed E-state index contributed by atoms with van der Waals surface area (Å²) in [5.74, 6) is 1.93. The van der Waals surface area contributed by atoms with Gasteiger partial charge in [-0.15, -0.1) is 0 Å². The topological polar surface area (TPSA) is 119 Å². The first-order valence-corrected chi connectivity index (χ1v) is 18.3. The maximum Gasteiger partial charge on any atom is 0.356 e. The van der Waals surface area contributed by atoms with Gasteiger partial charge >= 0.3 is 7.60 Å². The Morgan fingerprint density at radius 1 is 1.03 bits per heavy atom. The zero-order valence-corrected chi connectivity index (χ0v) is 25.2. The molecule has 0 radical (unpaired) electrons. The van der Waals surface area contributed by atoms with Gasteiger partial charge in [0.05, 0.1) is 32.2 Å². The van der Waals surface area contributed by atoms with E-state index >= 15 is 0 Å². The first-order chi connectivity index (χ1) is 18.0. The van der Waals surface area contributed by atoms with Crippen molar-refractivity contribution in [1.82, 2.24) is 4.90 Å². The van der Waals surface area contributed by atoms with E-state index < -0.39 is 13.9 Å². The second kappa shape index (κ2) is 20.6. The van der Waals surface area contributed by atoms with E-state index in [2.05, 4.69) is 16.9 Å². The summed E-state index contributed by atoms with van der Waals surface area (Å²) in [4.78, 5) is 9.10. The first-order valence-electron chi connectivity index (χ1n) is 14.1. The van der Waals surface area contributed by atoms with Crippen LogP contribution in [0.15, 0.2) is 9.98 Å². The molecule has 2 aliphatic heterocycles. The lowest BCUT2D eigenvalue weighted by atomic mass is 10.0. The third-order valence-corrected chi connectivity index (χ3v) is 10.4. The average molecular weight is 581 g/mol. The van der Waals surface area contributed by atoms with Crippen LogP contribution in [-0.2, 0) is 18.3 Å². The molecule has 0 aromatic rings. The van der Waals surface area contributed by atoms with Gasteiger partial charge in [0.15, 0.2) is 0 Å². The summed E-state index contributed by atoms with van der Waals surface area (Å²) in [6.07, 6.45) is 19.2. The summed E-state index contributed by atoms with van der Waals surface area (Å²) in [5.41, 5.74) is 5.45. The fourth-order valence-corrected chi connectivity index (χ4v) is 7.61. The molecule has 1 fully saturated rings. The third kappa shape index (κ3) is 15.8. The molecule has 12 heteroatoms. The average Bonchev–Trinajstić information content (AvgIpc) is 2.88. The lowest BCUT2D eigenvalue weighted by molar-refractivity contribution is -0.0361. The van der Waals surface area contributed by atoms with Crippen LogP contribution in [0.3, 0.4) is 0 Å². The predicted molar refractivity (Wildman–Crippen MR) is 157 cm³/mol. The fraction of sp³-hybridized carbons (Fsp3) is 0.920. The molecule has 37 heavy (non-hydrogen) atoms. The number of hydrogen-bond acceptors (Lipinski definition) is 11. The Kier molecular flexibility index (Phi) is 18.3. The van der Waals surface area contributed by atoms with Gasteiger partial charge in [0.1, 0.15) is 6.35 Å². The second-order valence-corrected chi connectivity index (χ2v) is 14.4. The number of nitrogens with two attached hydrogens (primary N) is 1. The molecule has 216 valence electrons. The minimum atomic E-state index is -3.23. The van der Waals surface area contributed by atoms with Crippen LogP contribution in [0, 0.1) is 0 Å². The monoisotopic (exact) mass is 580 g/mol. The van der Waals surface area contributed by atoms with E-state index in [0.29, 0.717) is 13.2 Å². The zero-order valence-electron chi connectivity index (χ0n) is 22.6. The number of unbranched alkanes of at least 4 members (excludes halogenated alkanes) is 13. The third-order valence-electron chi connectivity index (χ3n) is 6.34. The van der Waals surface area contributed by atoms with Crippen LogP contribution in [0.25, 0.3) is 0 Å². The maximum absolute atomic E-state index is 12.6. The zero-order chi connectivity index (χ0) is 26.6. The Labute approximate surface area is 232 Å². The highest BCUT2D eigenvalue weighted by molar-refractivity contribution is 8.76. The van der Waals surface area contributed by atoms with E-state index in [9.17, 15) is 9.67 Å². The number of hydrogen-bond donors (Lipinski definition) is 2. The van der Waals surface area contributed by atoms with Crippen molar-refractivity contribution in [2.75, 3.05) is 37.6 Å². The molecule has 9 nitrogen and oxygen atoms in total. The molecule has 1 saturated heterocycles. The van der Waals surface area contributed by atoms with Gasteiger partial charge in [-0.2, -0.15) is 4.99 Å². The van der Waals surface area contributed by atoms with Crippen molar-refractivity contribution in [3.63, 3.8) is 0 Å². The molecule has 0 aromatic heterocycles. The fourth-order valence-electron chi connectivity index (χ4n) is 4.14. The van der Waals surface area contributed by atoms with Crippen molar-refractivity contribution in [2.45, 2.75) is 109 Å². The Balaban J connectivity index is 1.33. The van der Waals surface area contributed by atoms with Crippen LogP contribution in [0.2, 0.25) is 0 Å². The number of aliphatic hydroxyl groups excluding tert-OH is 1. The van der Waals surface area contributed by atoms with Crippen molar-refractivity contribution in [3.05, 3.63) is 0 Å². The Hall–Kier alpha value is -0.290. The SMILES string of the molecule is CCCCCCCCCCCCCCCCSSCCOP1(=O)COC(CN2C=NC(N)=NC2O)CO1. The highest BCUT2D eigenvalue weighted by Gasteiger charge is 2.34. The number of rotatable bonds is 22. The molecule has 0 amide bonds. The van der Waals surface area contributed by atoms with Gasteiger partial charge in [0.25, 0.3) is 0 Å². The predicted octanol–water partition coefficient (Wildman–Crippen LogP) is 6.37. The van der Waals surface area contributed by atoms with Crippen LogP contribution in [-0.4, -0.2) is 72.4 Å². The number of nitrogens with zero attached hydrogens (tertiary/aromatic N) is 3. The Morgan fingerprint density at radius 2 is 1.62 bits per heavy atom. The van der Waals surface area contributed by atoms with E-state index in [0.717, 1.165) is 11.5 Å². The highest BCUT2D eigenvalue weighted by Crippen LogP contribution is 2.51. The molecular weight excluding hydrogens is 531 g/mol. The lowest BCUT2D eigenvalue weighted by Gasteiger charge is -2.33. The van der Waals surface area contributed by atoms with E-state index in [4.69, 9.17) is 19.5 Å². The standard InChI is InChI=1S/C25H49N4O5PS2/c1-2-3-4-5-6-7-8-9-10-11-12-13-14-15-17-36-37-18-16-33-35(31)22-32-23(20-34-35)19-29-21-27-24(26)28-25(29)30/h21,23,25,30H,2-20,22H2,1H3,(H2,26,28). The van der Waals surface area contributed by atoms with Crippen LogP contribution in [0.1, 0.15) is 96.8 Å². The Morgan fingerprint density at radius 3 is 2.19 bits per heavy atom. The van der Waals surface area contributed by atoms with Crippen molar-refractivity contribution in [2.24, 2.45) is 15.7 Å². The van der Waals surface area contributed by atoms with Crippen LogP contribution >= 0.6 is 29.2 Å². The van der Waals surface area contributed by atoms with Crippen LogP contribution < -0.4 is 5.73 Å². The van der Waals surface area contributed by atoms with Gasteiger partial charge in [0.2, 0.25) is 12.3 Å². The normalized spacial score (nSPS) is 23.9. The highest BCUT2D eigenvalue weighted by atomic mass is 33.1. The Bertz CT molecular complexity index is 692. The summed E-state index contributed by atoms with van der Waals surface area (Å²) in [6, 6.07) is 0. The smallest absolute Gasteiger partial charge is 0.356 e. The quantitative estimate of drug-likeness (QED) is 0.0855. The lowest BCUT2D eigenvalue weighted by Crippen LogP contribution is -2.45. The van der Waals surface area contributed by atoms with E-state index in [-0.39, 0.29) is 25.0 Å². The summed E-state index contributed by atoms with van der Waals surface area (Å²) < 4.78 is 29.3. The minimum Gasteiger partial charge on any atom is -0.368 e. The van der Waals surface area contributed by atoms with Crippen molar-refractivity contribution >= 4 is 41.5 Å². The minimum absolute atomic E-state index is 0.0260. The van der Waals surface area contributed by atoms with Gasteiger partial charge in [-0.1, -0.05) is 112 Å². The second-order valence-electron chi connectivity index (χ2n) is 9.67. The molecule has 2 aliphatic rings. The first kappa shape index (κ1) is 32.9. The van der Waals surface area contributed by atoms with Crippen LogP contribution in [0.4, 0.5) is 0 Å². The summed E-state index contributed by atoms with van der Waals surface area (Å²) in [6.45, 7) is 3.06. The molecule has 3 unspecified atom stereocenters. The molecule has 0 aromatic carbocycles. The molecule has 3 N–H and O–H groups in total. The molecular formula is C25H49N4O5PS2. The van der Waals surface area contributed by atoms with E-state index in [1.807, 2.05) is 10.8 Å².